The number of fused-ring (bicyclic) bond motifs is 1. The molecule has 0 saturated heterocycles. The van der Waals surface area contributed by atoms with Crippen molar-refractivity contribution in [3.8, 4) is 0 Å². The van der Waals surface area contributed by atoms with E-state index >= 15 is 0 Å². The maximum Gasteiger partial charge on any atom is 0.165 e. The monoisotopic (exact) mass is 289 g/mol. The van der Waals surface area contributed by atoms with Crippen LogP contribution in [0.4, 0.5) is 0 Å². The maximum atomic E-state index is 5.91. The molecule has 0 atom stereocenters. The van der Waals surface area contributed by atoms with Crippen molar-refractivity contribution < 1.29 is 0 Å². The van der Waals surface area contributed by atoms with E-state index in [0.29, 0.717) is 10.8 Å². The number of thioether (sulfide) groups is 1. The van der Waals surface area contributed by atoms with Gasteiger partial charge in [-0.05, 0) is 28.3 Å². The number of pyridine rings is 1. The third kappa shape index (κ3) is 1.71. The fourth-order valence-electron chi connectivity index (χ4n) is 1.06. The average molecular weight is 291 g/mol. The van der Waals surface area contributed by atoms with Crippen LogP contribution < -0.4 is 0 Å². The van der Waals surface area contributed by atoms with E-state index in [4.69, 9.17) is 11.6 Å². The summed E-state index contributed by atoms with van der Waals surface area (Å²) in [5, 5.41) is 2.09. The highest BCUT2D eigenvalue weighted by Gasteiger charge is 2.07. The first kappa shape index (κ1) is 10.1. The molecule has 0 amide bonds. The quantitative estimate of drug-likeness (QED) is 0.597. The van der Waals surface area contributed by atoms with Gasteiger partial charge in [0, 0.05) is 0 Å². The second-order valence-electron chi connectivity index (χ2n) is 2.52. The van der Waals surface area contributed by atoms with Crippen LogP contribution in [-0.4, -0.2) is 21.2 Å². The fraction of sp³-hybridized carbons (Fsp3) is 0.125. The number of hydrogen-bond donors (Lipinski definition) is 0. The minimum Gasteiger partial charge on any atom is -0.224 e. The lowest BCUT2D eigenvalue weighted by atomic mass is 10.3. The van der Waals surface area contributed by atoms with Crippen LogP contribution in [0, 0.1) is 0 Å². The van der Waals surface area contributed by atoms with Crippen molar-refractivity contribution in [3.05, 3.63) is 22.0 Å². The summed E-state index contributed by atoms with van der Waals surface area (Å²) < 4.78 is 0.911. The lowest BCUT2D eigenvalue weighted by Gasteiger charge is -2.02. The highest BCUT2D eigenvalue weighted by atomic mass is 79.9. The second kappa shape index (κ2) is 4.00. The molecule has 72 valence electrons. The molecule has 2 rings (SSSR count). The zero-order valence-electron chi connectivity index (χ0n) is 7.16. The predicted molar refractivity (Wildman–Crippen MR) is 61.8 cm³/mol. The van der Waals surface area contributed by atoms with Gasteiger partial charge in [-0.1, -0.05) is 11.6 Å². The van der Waals surface area contributed by atoms with Crippen molar-refractivity contribution in [1.82, 2.24) is 15.0 Å². The van der Waals surface area contributed by atoms with Gasteiger partial charge in [-0.2, -0.15) is 0 Å². The van der Waals surface area contributed by atoms with Gasteiger partial charge in [-0.25, -0.2) is 15.0 Å². The van der Waals surface area contributed by atoms with E-state index < -0.39 is 0 Å². The summed E-state index contributed by atoms with van der Waals surface area (Å²) in [4.78, 5) is 12.3. The Morgan fingerprint density at radius 3 is 2.93 bits per heavy atom. The van der Waals surface area contributed by atoms with Crippen molar-refractivity contribution in [2.75, 3.05) is 6.26 Å². The summed E-state index contributed by atoms with van der Waals surface area (Å²) in [6, 6.07) is 1.89. The van der Waals surface area contributed by atoms with Gasteiger partial charge in [-0.15, -0.1) is 11.8 Å². The number of nitrogens with zero attached hydrogens (tertiary/aromatic N) is 3. The van der Waals surface area contributed by atoms with Crippen molar-refractivity contribution in [2.24, 2.45) is 0 Å². The molecule has 14 heavy (non-hydrogen) atoms. The van der Waals surface area contributed by atoms with Gasteiger partial charge < -0.3 is 0 Å². The predicted octanol–water partition coefficient (Wildman–Crippen LogP) is 3.16. The molecule has 0 aliphatic heterocycles. The number of aromatic nitrogens is 3. The Morgan fingerprint density at radius 1 is 1.43 bits per heavy atom. The topological polar surface area (TPSA) is 38.7 Å². The first-order valence-corrected chi connectivity index (χ1v) is 6.12. The van der Waals surface area contributed by atoms with Gasteiger partial charge >= 0.3 is 0 Å². The molecular weight excluding hydrogens is 286 g/mol. The highest BCUT2D eigenvalue weighted by Crippen LogP contribution is 2.28. The van der Waals surface area contributed by atoms with Gasteiger partial charge in [0.15, 0.2) is 5.65 Å². The van der Waals surface area contributed by atoms with Crippen LogP contribution in [0.5, 0.6) is 0 Å². The molecule has 0 aliphatic carbocycles. The standard InChI is InChI=1S/C8H5BrClN3S/c1-14-8-5(9)2-4-6(10)11-3-12-7(4)13-8/h2-3H,1H3. The Labute approximate surface area is 98.4 Å². The third-order valence-corrected chi connectivity index (χ3v) is 3.56. The third-order valence-electron chi connectivity index (χ3n) is 1.69. The van der Waals surface area contributed by atoms with Crippen LogP contribution in [0.3, 0.4) is 0 Å². The Morgan fingerprint density at radius 2 is 2.21 bits per heavy atom. The SMILES string of the molecule is CSc1nc2ncnc(Cl)c2cc1Br. The van der Waals surface area contributed by atoms with Crippen LogP contribution >= 0.6 is 39.3 Å². The Hall–Kier alpha value is -0.390. The van der Waals surface area contributed by atoms with Crippen LogP contribution in [0.25, 0.3) is 11.0 Å². The van der Waals surface area contributed by atoms with Crippen molar-refractivity contribution in [2.45, 2.75) is 5.03 Å². The molecule has 2 aromatic rings. The van der Waals surface area contributed by atoms with Crippen molar-refractivity contribution in [1.29, 1.82) is 0 Å². The van der Waals surface area contributed by atoms with E-state index in [-0.39, 0.29) is 0 Å². The molecular formula is C8H5BrClN3S. The zero-order valence-corrected chi connectivity index (χ0v) is 10.3. The van der Waals surface area contributed by atoms with E-state index in [0.717, 1.165) is 14.9 Å². The Bertz CT molecular complexity index is 491. The molecule has 3 nitrogen and oxygen atoms in total. The van der Waals surface area contributed by atoms with Crippen LogP contribution in [0.1, 0.15) is 0 Å². The normalized spacial score (nSPS) is 10.8. The zero-order chi connectivity index (χ0) is 10.1. The minimum atomic E-state index is 0.427. The van der Waals surface area contributed by atoms with E-state index in [1.807, 2.05) is 12.3 Å². The van der Waals surface area contributed by atoms with Gasteiger partial charge in [0.25, 0.3) is 0 Å². The summed E-state index contributed by atoms with van der Waals surface area (Å²) in [6.07, 6.45) is 3.37. The van der Waals surface area contributed by atoms with E-state index in [1.165, 1.54) is 6.33 Å². The Kier molecular flexibility index (Phi) is 2.90. The maximum absolute atomic E-state index is 5.91. The molecule has 0 saturated carbocycles. The van der Waals surface area contributed by atoms with Gasteiger partial charge in [-0.3, -0.25) is 0 Å². The molecule has 0 unspecified atom stereocenters. The van der Waals surface area contributed by atoms with Crippen molar-refractivity contribution >= 4 is 50.3 Å². The molecule has 0 aliphatic rings. The largest absolute Gasteiger partial charge is 0.224 e. The molecule has 6 heteroatoms. The smallest absolute Gasteiger partial charge is 0.165 e. The number of hydrogen-bond acceptors (Lipinski definition) is 4. The molecule has 0 spiro atoms. The van der Waals surface area contributed by atoms with Crippen LogP contribution in [0.2, 0.25) is 5.15 Å². The first-order chi connectivity index (χ1) is 6.72. The molecule has 2 aromatic heterocycles. The van der Waals surface area contributed by atoms with Crippen molar-refractivity contribution in [3.63, 3.8) is 0 Å². The molecule has 0 bridgehead atoms. The lowest BCUT2D eigenvalue weighted by Crippen LogP contribution is -1.90. The van der Waals surface area contributed by atoms with Crippen LogP contribution in [-0.2, 0) is 0 Å². The van der Waals surface area contributed by atoms with E-state index in [2.05, 4.69) is 30.9 Å². The second-order valence-corrected chi connectivity index (χ2v) is 4.52. The highest BCUT2D eigenvalue weighted by molar-refractivity contribution is 9.10. The molecule has 2 heterocycles. The molecule has 0 aromatic carbocycles. The van der Waals surface area contributed by atoms with Gasteiger partial charge in [0.05, 0.1) is 9.86 Å². The summed E-state index contributed by atoms with van der Waals surface area (Å²) in [5.41, 5.74) is 0.623. The van der Waals surface area contributed by atoms with Gasteiger partial charge in [0.2, 0.25) is 0 Å². The fourth-order valence-corrected chi connectivity index (χ4v) is 2.48. The number of halogens is 2. The summed E-state index contributed by atoms with van der Waals surface area (Å²) in [7, 11) is 0. The van der Waals surface area contributed by atoms with Crippen LogP contribution in [0.15, 0.2) is 21.9 Å². The molecule has 0 radical (unpaired) electrons. The summed E-state index contributed by atoms with van der Waals surface area (Å²) >= 11 is 10.9. The minimum absolute atomic E-state index is 0.427. The first-order valence-electron chi connectivity index (χ1n) is 3.73. The number of rotatable bonds is 1. The summed E-state index contributed by atoms with van der Waals surface area (Å²) in [6.45, 7) is 0. The average Bonchev–Trinajstić information content (AvgIpc) is 2.19. The lowest BCUT2D eigenvalue weighted by molar-refractivity contribution is 1.10. The molecule has 0 N–H and O–H groups in total. The van der Waals surface area contributed by atoms with E-state index in [1.54, 1.807) is 11.8 Å². The van der Waals surface area contributed by atoms with E-state index in [9.17, 15) is 0 Å². The summed E-state index contributed by atoms with van der Waals surface area (Å²) in [5.74, 6) is 0. The Balaban J connectivity index is 2.79. The molecule has 0 fully saturated rings. The van der Waals surface area contributed by atoms with Gasteiger partial charge in [0.1, 0.15) is 16.5 Å².